The zero-order valence-electron chi connectivity index (χ0n) is 11.3. The standard InChI is InChI=1S/C13H18F3N3O/c1-2-7-19(8-3-6-17)12(20)11-5-4-10(9-18-11)13(14,15)16/h4-5,9H,2-3,6-8,17H2,1H3. The number of hydrogen-bond acceptors (Lipinski definition) is 3. The van der Waals surface area contributed by atoms with Crippen molar-refractivity contribution in [3.05, 3.63) is 29.6 Å². The second-order valence-electron chi connectivity index (χ2n) is 4.36. The van der Waals surface area contributed by atoms with Crippen LogP contribution in [0.15, 0.2) is 18.3 Å². The topological polar surface area (TPSA) is 59.2 Å². The molecule has 112 valence electrons. The summed E-state index contributed by atoms with van der Waals surface area (Å²) in [5.41, 5.74) is 4.56. The smallest absolute Gasteiger partial charge is 0.337 e. The Morgan fingerprint density at radius 2 is 2.05 bits per heavy atom. The summed E-state index contributed by atoms with van der Waals surface area (Å²) < 4.78 is 37.3. The summed E-state index contributed by atoms with van der Waals surface area (Å²) in [6, 6.07) is 1.98. The largest absolute Gasteiger partial charge is 0.417 e. The van der Waals surface area contributed by atoms with Crippen LogP contribution in [-0.4, -0.2) is 35.4 Å². The van der Waals surface area contributed by atoms with Crippen molar-refractivity contribution in [3.8, 4) is 0 Å². The van der Waals surface area contributed by atoms with Crippen molar-refractivity contribution in [2.45, 2.75) is 25.9 Å². The molecule has 0 saturated carbocycles. The van der Waals surface area contributed by atoms with E-state index < -0.39 is 11.7 Å². The highest BCUT2D eigenvalue weighted by atomic mass is 19.4. The molecule has 7 heteroatoms. The number of pyridine rings is 1. The van der Waals surface area contributed by atoms with Gasteiger partial charge in [-0.05, 0) is 31.5 Å². The van der Waals surface area contributed by atoms with Crippen molar-refractivity contribution in [1.29, 1.82) is 0 Å². The molecule has 0 fully saturated rings. The molecule has 1 heterocycles. The Kier molecular flexibility index (Phi) is 5.94. The molecular weight excluding hydrogens is 271 g/mol. The van der Waals surface area contributed by atoms with Crippen LogP contribution in [0.4, 0.5) is 13.2 Å². The molecule has 0 atom stereocenters. The molecule has 0 radical (unpaired) electrons. The SMILES string of the molecule is CCCN(CCCN)C(=O)c1ccc(C(F)(F)F)cn1. The van der Waals surface area contributed by atoms with E-state index in [4.69, 9.17) is 5.73 Å². The van der Waals surface area contributed by atoms with Crippen LogP contribution >= 0.6 is 0 Å². The van der Waals surface area contributed by atoms with E-state index in [2.05, 4.69) is 4.98 Å². The fourth-order valence-corrected chi connectivity index (χ4v) is 1.72. The lowest BCUT2D eigenvalue weighted by Gasteiger charge is -2.21. The number of amides is 1. The number of aromatic nitrogens is 1. The monoisotopic (exact) mass is 289 g/mol. The van der Waals surface area contributed by atoms with Gasteiger partial charge in [0.15, 0.2) is 0 Å². The Balaban J connectivity index is 2.83. The van der Waals surface area contributed by atoms with Crippen molar-refractivity contribution in [2.75, 3.05) is 19.6 Å². The van der Waals surface area contributed by atoms with Crippen LogP contribution in [0, 0.1) is 0 Å². The molecule has 1 rings (SSSR count). The zero-order valence-corrected chi connectivity index (χ0v) is 11.3. The maximum Gasteiger partial charge on any atom is 0.417 e. The molecule has 0 saturated heterocycles. The normalized spacial score (nSPS) is 11.4. The second-order valence-corrected chi connectivity index (χ2v) is 4.36. The van der Waals surface area contributed by atoms with E-state index >= 15 is 0 Å². The molecule has 0 aliphatic carbocycles. The third-order valence-electron chi connectivity index (χ3n) is 2.72. The maximum absolute atomic E-state index is 12.4. The van der Waals surface area contributed by atoms with Gasteiger partial charge in [0, 0.05) is 19.3 Å². The first-order valence-electron chi connectivity index (χ1n) is 6.42. The van der Waals surface area contributed by atoms with Crippen molar-refractivity contribution >= 4 is 5.91 Å². The van der Waals surface area contributed by atoms with Crippen LogP contribution in [0.2, 0.25) is 0 Å². The number of rotatable bonds is 6. The van der Waals surface area contributed by atoms with E-state index in [-0.39, 0.29) is 11.6 Å². The van der Waals surface area contributed by atoms with Crippen molar-refractivity contribution < 1.29 is 18.0 Å². The van der Waals surface area contributed by atoms with Crippen LogP contribution in [0.1, 0.15) is 35.8 Å². The highest BCUT2D eigenvalue weighted by Crippen LogP contribution is 2.28. The van der Waals surface area contributed by atoms with Gasteiger partial charge in [-0.25, -0.2) is 0 Å². The predicted molar refractivity (Wildman–Crippen MR) is 69.1 cm³/mol. The predicted octanol–water partition coefficient (Wildman–Crippen LogP) is 2.30. The number of alkyl halides is 3. The van der Waals surface area contributed by atoms with E-state index in [9.17, 15) is 18.0 Å². The first-order chi connectivity index (χ1) is 9.40. The molecule has 0 aromatic carbocycles. The average Bonchev–Trinajstić information content (AvgIpc) is 2.42. The summed E-state index contributed by atoms with van der Waals surface area (Å²) in [4.78, 5) is 17.3. The van der Waals surface area contributed by atoms with E-state index in [1.807, 2.05) is 6.92 Å². The van der Waals surface area contributed by atoms with Gasteiger partial charge in [0.1, 0.15) is 5.69 Å². The van der Waals surface area contributed by atoms with Gasteiger partial charge in [-0.3, -0.25) is 9.78 Å². The molecule has 0 aliphatic heterocycles. The lowest BCUT2D eigenvalue weighted by atomic mass is 10.2. The van der Waals surface area contributed by atoms with Crippen molar-refractivity contribution in [3.63, 3.8) is 0 Å². The maximum atomic E-state index is 12.4. The number of carbonyl (C=O) groups is 1. The summed E-state index contributed by atoms with van der Waals surface area (Å²) in [5.74, 6) is -0.367. The van der Waals surface area contributed by atoms with Gasteiger partial charge in [-0.2, -0.15) is 13.2 Å². The van der Waals surface area contributed by atoms with Gasteiger partial charge >= 0.3 is 6.18 Å². The molecule has 0 unspecified atom stereocenters. The number of nitrogens with two attached hydrogens (primary N) is 1. The van der Waals surface area contributed by atoms with Crippen molar-refractivity contribution in [1.82, 2.24) is 9.88 Å². The number of halogens is 3. The van der Waals surface area contributed by atoms with Crippen LogP contribution in [0.5, 0.6) is 0 Å². The fraction of sp³-hybridized carbons (Fsp3) is 0.538. The van der Waals surface area contributed by atoms with E-state index in [1.54, 1.807) is 4.90 Å². The summed E-state index contributed by atoms with van der Waals surface area (Å²) in [7, 11) is 0. The second kappa shape index (κ2) is 7.23. The molecule has 20 heavy (non-hydrogen) atoms. The molecule has 2 N–H and O–H groups in total. The average molecular weight is 289 g/mol. The Hall–Kier alpha value is -1.63. The number of hydrogen-bond donors (Lipinski definition) is 1. The van der Waals surface area contributed by atoms with E-state index in [0.717, 1.165) is 18.6 Å². The molecule has 1 aromatic heterocycles. The summed E-state index contributed by atoms with van der Waals surface area (Å²) in [6.07, 6.45) is -2.36. The molecule has 0 aliphatic rings. The molecule has 4 nitrogen and oxygen atoms in total. The molecular formula is C13H18F3N3O. The Morgan fingerprint density at radius 1 is 1.35 bits per heavy atom. The molecule has 0 bridgehead atoms. The van der Waals surface area contributed by atoms with Crippen LogP contribution in [0.25, 0.3) is 0 Å². The molecule has 0 spiro atoms. The fourth-order valence-electron chi connectivity index (χ4n) is 1.72. The first-order valence-corrected chi connectivity index (χ1v) is 6.42. The summed E-state index contributed by atoms with van der Waals surface area (Å²) in [5, 5.41) is 0. The lowest BCUT2D eigenvalue weighted by molar-refractivity contribution is -0.137. The summed E-state index contributed by atoms with van der Waals surface area (Å²) in [6.45, 7) is 3.38. The van der Waals surface area contributed by atoms with E-state index in [1.165, 1.54) is 0 Å². The van der Waals surface area contributed by atoms with Crippen LogP contribution < -0.4 is 5.73 Å². The van der Waals surface area contributed by atoms with Gasteiger partial charge in [0.05, 0.1) is 5.56 Å². The Labute approximate surface area is 115 Å². The third-order valence-corrected chi connectivity index (χ3v) is 2.72. The Bertz CT molecular complexity index is 431. The highest BCUT2D eigenvalue weighted by Gasteiger charge is 2.31. The number of nitrogens with zero attached hydrogens (tertiary/aromatic N) is 2. The first kappa shape index (κ1) is 16.4. The minimum Gasteiger partial charge on any atom is -0.337 e. The van der Waals surface area contributed by atoms with E-state index in [0.29, 0.717) is 32.3 Å². The van der Waals surface area contributed by atoms with Gasteiger partial charge in [0.25, 0.3) is 5.91 Å². The molecule has 1 amide bonds. The quantitative estimate of drug-likeness (QED) is 0.874. The van der Waals surface area contributed by atoms with Gasteiger partial charge in [-0.1, -0.05) is 6.92 Å². The van der Waals surface area contributed by atoms with Crippen LogP contribution in [0.3, 0.4) is 0 Å². The zero-order chi connectivity index (χ0) is 15.2. The van der Waals surface area contributed by atoms with Crippen molar-refractivity contribution in [2.24, 2.45) is 5.73 Å². The van der Waals surface area contributed by atoms with Gasteiger partial charge < -0.3 is 10.6 Å². The Morgan fingerprint density at radius 3 is 2.50 bits per heavy atom. The van der Waals surface area contributed by atoms with Gasteiger partial charge in [0.2, 0.25) is 0 Å². The summed E-state index contributed by atoms with van der Waals surface area (Å²) >= 11 is 0. The lowest BCUT2D eigenvalue weighted by Crippen LogP contribution is -2.34. The van der Waals surface area contributed by atoms with Crippen LogP contribution in [-0.2, 0) is 6.18 Å². The van der Waals surface area contributed by atoms with Gasteiger partial charge in [-0.15, -0.1) is 0 Å². The minimum absolute atomic E-state index is 0.0171. The highest BCUT2D eigenvalue weighted by molar-refractivity contribution is 5.92. The third kappa shape index (κ3) is 4.48. The number of carbonyl (C=O) groups excluding carboxylic acids is 1. The minimum atomic E-state index is -4.45. The molecule has 1 aromatic rings.